The fourth-order valence-electron chi connectivity index (χ4n) is 9.97. The number of nitrogens with zero attached hydrogens (tertiary/aromatic N) is 5. The highest BCUT2D eigenvalue weighted by atomic mass is 35.5. The molecule has 2 heterocycles. The largest absolute Gasteiger partial charge is 0.502 e. The van der Waals surface area contributed by atoms with Gasteiger partial charge < -0.3 is 19.5 Å². The Bertz CT molecular complexity index is 2770. The molecule has 0 bridgehead atoms. The van der Waals surface area contributed by atoms with Crippen LogP contribution in [0.2, 0.25) is 5.02 Å². The number of amides is 4. The number of halogens is 2. The SMILES string of the molecule is COc1cc(C=CC2C3=CCC4C(=O)N(c5ccc(N=Nc6ccc(N(C)C)cc6)cc5)C(=O)C4C3CC3C(=O)N(Nc4ccc(F)cc4)C(=O)C23c2ccc(Cl)cc2)cc(OC)c1O. The second-order valence-corrected chi connectivity index (χ2v) is 17.1. The number of ether oxygens (including phenoxy) is 2. The van der Waals surface area contributed by atoms with Crippen molar-refractivity contribution in [1.82, 2.24) is 5.01 Å². The molecule has 2 aliphatic carbocycles. The molecule has 330 valence electrons. The van der Waals surface area contributed by atoms with Gasteiger partial charge in [-0.25, -0.2) is 4.39 Å². The minimum absolute atomic E-state index is 0.0642. The predicted octanol–water partition coefficient (Wildman–Crippen LogP) is 9.42. The minimum atomic E-state index is -1.57. The second-order valence-electron chi connectivity index (χ2n) is 16.7. The Hall–Kier alpha value is -7.32. The minimum Gasteiger partial charge on any atom is -0.502 e. The number of imide groups is 2. The van der Waals surface area contributed by atoms with Crippen molar-refractivity contribution in [3.05, 3.63) is 149 Å². The number of carbonyl (C=O) groups is 4. The molecule has 6 atom stereocenters. The number of carbonyl (C=O) groups excluding carboxylic acids is 4. The number of methoxy groups -OCH3 is 2. The van der Waals surface area contributed by atoms with Gasteiger partial charge in [0, 0.05) is 30.7 Å². The number of phenolic OH excluding ortho intramolecular Hbond substituents is 1. The van der Waals surface area contributed by atoms with Gasteiger partial charge >= 0.3 is 0 Å². The van der Waals surface area contributed by atoms with Crippen molar-refractivity contribution in [2.24, 2.45) is 39.8 Å². The Morgan fingerprint density at radius 1 is 0.815 bits per heavy atom. The van der Waals surface area contributed by atoms with E-state index in [2.05, 4.69) is 15.7 Å². The maximum atomic E-state index is 15.4. The van der Waals surface area contributed by atoms with E-state index in [1.165, 1.54) is 43.4 Å². The number of phenols is 1. The molecule has 0 radical (unpaired) electrons. The average molecular weight is 895 g/mol. The van der Waals surface area contributed by atoms with Gasteiger partial charge in [0.15, 0.2) is 11.5 Å². The highest BCUT2D eigenvalue weighted by Crippen LogP contribution is 2.62. The summed E-state index contributed by atoms with van der Waals surface area (Å²) in [6.07, 6.45) is 5.82. The molecule has 2 aliphatic heterocycles. The third-order valence-electron chi connectivity index (χ3n) is 13.1. The maximum absolute atomic E-state index is 15.4. The molecular formula is C50H44ClFN6O7. The summed E-state index contributed by atoms with van der Waals surface area (Å²) >= 11 is 6.42. The number of anilines is 3. The molecule has 65 heavy (non-hydrogen) atoms. The van der Waals surface area contributed by atoms with E-state index in [4.69, 9.17) is 21.1 Å². The molecule has 0 spiro atoms. The van der Waals surface area contributed by atoms with Crippen molar-refractivity contribution in [3.8, 4) is 17.2 Å². The number of rotatable bonds is 11. The molecule has 2 saturated heterocycles. The van der Waals surface area contributed by atoms with E-state index in [1.807, 2.05) is 55.4 Å². The highest BCUT2D eigenvalue weighted by Gasteiger charge is 2.69. The third kappa shape index (κ3) is 7.37. The van der Waals surface area contributed by atoms with Crippen molar-refractivity contribution in [1.29, 1.82) is 0 Å². The average Bonchev–Trinajstić information content (AvgIpc) is 3.69. The molecule has 13 nitrogen and oxygen atoms in total. The first-order chi connectivity index (χ1) is 31.3. The Morgan fingerprint density at radius 3 is 2.03 bits per heavy atom. The van der Waals surface area contributed by atoms with Crippen molar-refractivity contribution >= 4 is 69.7 Å². The van der Waals surface area contributed by atoms with Crippen LogP contribution in [0.3, 0.4) is 0 Å². The van der Waals surface area contributed by atoms with Gasteiger partial charge in [-0.3, -0.25) is 29.5 Å². The van der Waals surface area contributed by atoms with Crippen LogP contribution in [0.5, 0.6) is 17.2 Å². The number of hydrogen-bond acceptors (Lipinski definition) is 11. The number of aromatic hydroxyl groups is 1. The molecule has 5 aromatic carbocycles. The van der Waals surface area contributed by atoms with Gasteiger partial charge in [0.2, 0.25) is 17.6 Å². The van der Waals surface area contributed by atoms with Crippen molar-refractivity contribution in [2.75, 3.05) is 43.5 Å². The molecule has 1 saturated carbocycles. The summed E-state index contributed by atoms with van der Waals surface area (Å²) in [7, 11) is 6.74. The van der Waals surface area contributed by atoms with Crippen molar-refractivity contribution in [3.63, 3.8) is 0 Å². The fourth-order valence-corrected chi connectivity index (χ4v) is 10.1. The first-order valence-electron chi connectivity index (χ1n) is 21.0. The van der Waals surface area contributed by atoms with Crippen LogP contribution in [0.25, 0.3) is 6.08 Å². The molecule has 0 aromatic heterocycles. The van der Waals surface area contributed by atoms with Crippen LogP contribution in [0.15, 0.2) is 137 Å². The number of hydrogen-bond donors (Lipinski definition) is 2. The smallest absolute Gasteiger partial charge is 0.260 e. The molecule has 15 heteroatoms. The van der Waals surface area contributed by atoms with Gasteiger partial charge in [0.1, 0.15) is 5.82 Å². The fraction of sp³-hybridized carbons (Fsp3) is 0.240. The molecule has 5 aromatic rings. The van der Waals surface area contributed by atoms with E-state index < -0.39 is 58.5 Å². The molecule has 6 unspecified atom stereocenters. The molecule has 2 N–H and O–H groups in total. The van der Waals surface area contributed by atoms with Crippen LogP contribution >= 0.6 is 11.6 Å². The lowest BCUT2D eigenvalue weighted by molar-refractivity contribution is -0.139. The number of hydrazine groups is 1. The van der Waals surface area contributed by atoms with E-state index >= 15 is 4.79 Å². The van der Waals surface area contributed by atoms with Crippen LogP contribution in [0.1, 0.15) is 24.0 Å². The Labute approximate surface area is 379 Å². The summed E-state index contributed by atoms with van der Waals surface area (Å²) in [5, 5.41) is 20.8. The Balaban J connectivity index is 1.11. The van der Waals surface area contributed by atoms with Gasteiger partial charge in [-0.1, -0.05) is 47.5 Å². The van der Waals surface area contributed by atoms with Crippen LogP contribution in [0, 0.1) is 35.4 Å². The number of fused-ring (bicyclic) bond motifs is 4. The zero-order valence-electron chi connectivity index (χ0n) is 35.8. The lowest BCUT2D eigenvalue weighted by atomic mass is 9.50. The first kappa shape index (κ1) is 43.0. The predicted molar refractivity (Wildman–Crippen MR) is 244 cm³/mol. The summed E-state index contributed by atoms with van der Waals surface area (Å²) in [6.45, 7) is 0. The van der Waals surface area contributed by atoms with Crippen LogP contribution in [-0.4, -0.2) is 62.1 Å². The summed E-state index contributed by atoms with van der Waals surface area (Å²) in [5.74, 6) is -6.34. The number of nitrogens with one attached hydrogen (secondary N) is 1. The quantitative estimate of drug-likeness (QED) is 0.0750. The van der Waals surface area contributed by atoms with Crippen molar-refractivity contribution in [2.45, 2.75) is 18.3 Å². The zero-order chi connectivity index (χ0) is 45.7. The van der Waals surface area contributed by atoms with Crippen LogP contribution in [0.4, 0.5) is 32.8 Å². The standard InChI is InChI=1S/C50H44ClFN6O7/c1-56(2)35-18-14-32(15-19-35)53-54-33-16-20-36(21-17-33)57-46(60)38-23-22-37-39(44(38)48(57)62)27-41-47(61)58(55-34-12-10-31(52)11-13-34)49(63)50(41,29-6-8-30(51)9-7-29)40(37)24-5-28-25-42(64-3)45(59)43(26-28)65-4/h5-22,24-26,38-41,44,55,59H,23,27H2,1-4H3. The van der Waals surface area contributed by atoms with E-state index in [1.54, 1.807) is 66.7 Å². The molecule has 9 rings (SSSR count). The topological polar surface area (TPSA) is 153 Å². The van der Waals surface area contributed by atoms with Gasteiger partial charge in [-0.05, 0) is 127 Å². The van der Waals surface area contributed by atoms with E-state index in [0.717, 1.165) is 16.3 Å². The normalized spacial score (nSPS) is 23.7. The Kier molecular flexibility index (Phi) is 11.2. The van der Waals surface area contributed by atoms with E-state index in [-0.39, 0.29) is 36.0 Å². The second kappa shape index (κ2) is 17.0. The monoisotopic (exact) mass is 894 g/mol. The summed E-state index contributed by atoms with van der Waals surface area (Å²) < 4.78 is 24.9. The third-order valence-corrected chi connectivity index (χ3v) is 13.3. The van der Waals surface area contributed by atoms with E-state index in [9.17, 15) is 23.9 Å². The zero-order valence-corrected chi connectivity index (χ0v) is 36.6. The van der Waals surface area contributed by atoms with Gasteiger partial charge in [-0.15, -0.1) is 0 Å². The Morgan fingerprint density at radius 2 is 1.43 bits per heavy atom. The molecule has 4 aliphatic rings. The lowest BCUT2D eigenvalue weighted by Gasteiger charge is -2.49. The van der Waals surface area contributed by atoms with E-state index in [0.29, 0.717) is 38.9 Å². The number of allylic oxidation sites excluding steroid dienone is 3. The first-order valence-corrected chi connectivity index (χ1v) is 21.4. The number of benzene rings is 5. The molecular weight excluding hydrogens is 851 g/mol. The molecule has 4 amide bonds. The maximum Gasteiger partial charge on any atom is 0.260 e. The van der Waals surface area contributed by atoms with Gasteiger partial charge in [-0.2, -0.15) is 15.2 Å². The van der Waals surface area contributed by atoms with Crippen LogP contribution < -0.4 is 24.7 Å². The van der Waals surface area contributed by atoms with Gasteiger partial charge in [0.05, 0.1) is 60.1 Å². The number of azo groups is 1. The summed E-state index contributed by atoms with van der Waals surface area (Å²) in [5.41, 5.74) is 6.08. The van der Waals surface area contributed by atoms with Crippen molar-refractivity contribution < 1.29 is 38.1 Å². The molecule has 3 fully saturated rings. The van der Waals surface area contributed by atoms with Crippen LogP contribution in [-0.2, 0) is 24.6 Å². The highest BCUT2D eigenvalue weighted by molar-refractivity contribution is 6.30. The van der Waals surface area contributed by atoms with Gasteiger partial charge in [0.25, 0.3) is 11.8 Å². The lowest BCUT2D eigenvalue weighted by Crippen LogP contribution is -2.54. The summed E-state index contributed by atoms with van der Waals surface area (Å²) in [6, 6.07) is 29.7. The summed E-state index contributed by atoms with van der Waals surface area (Å²) in [4.78, 5) is 62.8.